The maximum Gasteiger partial charge on any atom is 0.254 e. The minimum Gasteiger partial charge on any atom is -0.486 e. The van der Waals surface area contributed by atoms with Gasteiger partial charge in [-0.2, -0.15) is 0 Å². The van der Waals surface area contributed by atoms with Gasteiger partial charge in [0.15, 0.2) is 17.2 Å². The Morgan fingerprint density at radius 2 is 1.79 bits per heavy atom. The molecule has 2 aromatic rings. The number of hydrogen-bond acceptors (Lipinski definition) is 4. The van der Waals surface area contributed by atoms with Crippen molar-refractivity contribution in [1.29, 1.82) is 0 Å². The van der Waals surface area contributed by atoms with Crippen LogP contribution in [0.25, 0.3) is 0 Å². The third-order valence-electron chi connectivity index (χ3n) is 4.41. The molecule has 2 heterocycles. The monoisotopic (exact) mass is 325 g/mol. The molecule has 4 rings (SSSR count). The molecule has 2 aliphatic rings. The minimum absolute atomic E-state index is 0.170. The van der Waals surface area contributed by atoms with Crippen LogP contribution in [0.3, 0.4) is 0 Å². The van der Waals surface area contributed by atoms with E-state index < -0.39 is 5.72 Å². The molecule has 0 bridgehead atoms. The van der Waals surface area contributed by atoms with Crippen molar-refractivity contribution in [3.05, 3.63) is 58.7 Å². The maximum absolute atomic E-state index is 12.6. The van der Waals surface area contributed by atoms with E-state index in [1.165, 1.54) is 0 Å². The molecule has 2 aliphatic heterocycles. The molecular formula is C19H19NO4. The molecule has 0 radical (unpaired) electrons. The average Bonchev–Trinajstić information content (AvgIpc) is 2.87. The molecule has 0 fully saturated rings. The molecule has 0 aromatic heterocycles. The van der Waals surface area contributed by atoms with Crippen LogP contribution in [-0.4, -0.2) is 25.7 Å². The summed E-state index contributed by atoms with van der Waals surface area (Å²) in [6.45, 7) is 5.39. The molecule has 1 amide bonds. The topological polar surface area (TPSA) is 56.8 Å². The fraction of sp³-hybridized carbons (Fsp3) is 0.316. The van der Waals surface area contributed by atoms with Crippen molar-refractivity contribution >= 4 is 5.91 Å². The van der Waals surface area contributed by atoms with E-state index in [0.717, 1.165) is 16.7 Å². The Balaban J connectivity index is 1.91. The Labute approximate surface area is 140 Å². The summed E-state index contributed by atoms with van der Waals surface area (Å²) in [5, 5.41) is 3.02. The molecule has 0 aliphatic carbocycles. The highest BCUT2D eigenvalue weighted by Gasteiger charge is 2.46. The van der Waals surface area contributed by atoms with Gasteiger partial charge in [0, 0.05) is 17.7 Å². The molecule has 24 heavy (non-hydrogen) atoms. The molecule has 0 saturated heterocycles. The highest BCUT2D eigenvalue weighted by Crippen LogP contribution is 2.44. The molecule has 124 valence electrons. The predicted molar refractivity (Wildman–Crippen MR) is 88.5 cm³/mol. The molecule has 1 N–H and O–H groups in total. The fourth-order valence-corrected chi connectivity index (χ4v) is 3.29. The third kappa shape index (κ3) is 2.16. The third-order valence-corrected chi connectivity index (χ3v) is 4.41. The summed E-state index contributed by atoms with van der Waals surface area (Å²) in [7, 11) is 0. The van der Waals surface area contributed by atoms with Crippen molar-refractivity contribution in [1.82, 2.24) is 5.32 Å². The summed E-state index contributed by atoms with van der Waals surface area (Å²) < 4.78 is 17.4. The van der Waals surface area contributed by atoms with E-state index >= 15 is 0 Å². The van der Waals surface area contributed by atoms with Crippen LogP contribution in [0.5, 0.6) is 11.5 Å². The number of rotatable bonds is 3. The Hall–Kier alpha value is -2.53. The number of nitrogens with one attached hydrogen (secondary N) is 1. The zero-order chi connectivity index (χ0) is 16.7. The first-order valence-electron chi connectivity index (χ1n) is 8.12. The minimum atomic E-state index is -0.995. The highest BCUT2D eigenvalue weighted by molar-refractivity contribution is 6.01. The highest BCUT2D eigenvalue weighted by atomic mass is 16.6. The van der Waals surface area contributed by atoms with Crippen molar-refractivity contribution in [2.45, 2.75) is 19.6 Å². The van der Waals surface area contributed by atoms with Crippen molar-refractivity contribution in [3.8, 4) is 11.5 Å². The number of fused-ring (bicyclic) bond motifs is 2. The van der Waals surface area contributed by atoms with Crippen LogP contribution in [0.1, 0.15) is 34.0 Å². The molecule has 2 aromatic carbocycles. The van der Waals surface area contributed by atoms with Gasteiger partial charge in [0.05, 0.1) is 5.56 Å². The molecule has 5 nitrogen and oxygen atoms in total. The molecule has 0 unspecified atom stereocenters. The lowest BCUT2D eigenvalue weighted by molar-refractivity contribution is -0.0258. The van der Waals surface area contributed by atoms with Gasteiger partial charge in [-0.05, 0) is 26.0 Å². The van der Waals surface area contributed by atoms with Crippen LogP contribution in [0.15, 0.2) is 36.4 Å². The zero-order valence-electron chi connectivity index (χ0n) is 13.7. The molecule has 5 heteroatoms. The van der Waals surface area contributed by atoms with Gasteiger partial charge in [-0.1, -0.05) is 29.8 Å². The van der Waals surface area contributed by atoms with Crippen LogP contribution >= 0.6 is 0 Å². The summed E-state index contributed by atoms with van der Waals surface area (Å²) in [4.78, 5) is 12.6. The fourth-order valence-electron chi connectivity index (χ4n) is 3.29. The number of aryl methyl sites for hydroxylation is 1. The first kappa shape index (κ1) is 15.0. The molecule has 0 spiro atoms. The quantitative estimate of drug-likeness (QED) is 0.943. The lowest BCUT2D eigenvalue weighted by atomic mass is 9.93. The normalized spacial score (nSPS) is 21.3. The Morgan fingerprint density at radius 3 is 2.46 bits per heavy atom. The van der Waals surface area contributed by atoms with E-state index in [4.69, 9.17) is 14.2 Å². The van der Waals surface area contributed by atoms with Crippen LogP contribution in [0.4, 0.5) is 0 Å². The van der Waals surface area contributed by atoms with Gasteiger partial charge < -0.3 is 19.5 Å². The Morgan fingerprint density at radius 1 is 1.12 bits per heavy atom. The van der Waals surface area contributed by atoms with Gasteiger partial charge >= 0.3 is 0 Å². The average molecular weight is 325 g/mol. The van der Waals surface area contributed by atoms with Gasteiger partial charge in [-0.3, -0.25) is 4.79 Å². The van der Waals surface area contributed by atoms with Gasteiger partial charge in [-0.25, -0.2) is 0 Å². The number of carbonyl (C=O) groups excluding carboxylic acids is 1. The second kappa shape index (κ2) is 5.53. The van der Waals surface area contributed by atoms with E-state index in [0.29, 0.717) is 36.9 Å². The maximum atomic E-state index is 12.6. The summed E-state index contributed by atoms with van der Waals surface area (Å²) in [6.07, 6.45) is 0. The van der Waals surface area contributed by atoms with Gasteiger partial charge in [0.25, 0.3) is 5.91 Å². The first-order chi connectivity index (χ1) is 11.6. The number of benzene rings is 2. The summed E-state index contributed by atoms with van der Waals surface area (Å²) in [5.41, 5.74) is 2.37. The lowest BCUT2D eigenvalue weighted by Gasteiger charge is -2.31. The summed E-state index contributed by atoms with van der Waals surface area (Å²) in [6, 6.07) is 11.6. The number of amides is 1. The van der Waals surface area contributed by atoms with Crippen molar-refractivity contribution in [3.63, 3.8) is 0 Å². The first-order valence-corrected chi connectivity index (χ1v) is 8.12. The van der Waals surface area contributed by atoms with Crippen LogP contribution in [0.2, 0.25) is 0 Å². The van der Waals surface area contributed by atoms with E-state index in [1.807, 2.05) is 44.2 Å². The largest absolute Gasteiger partial charge is 0.486 e. The smallest absolute Gasteiger partial charge is 0.254 e. The van der Waals surface area contributed by atoms with E-state index in [-0.39, 0.29) is 5.91 Å². The predicted octanol–water partition coefficient (Wildman–Crippen LogP) is 2.75. The van der Waals surface area contributed by atoms with Crippen molar-refractivity contribution in [2.75, 3.05) is 19.8 Å². The van der Waals surface area contributed by atoms with Gasteiger partial charge in [0.2, 0.25) is 0 Å². The number of carbonyl (C=O) groups is 1. The van der Waals surface area contributed by atoms with Crippen molar-refractivity contribution in [2.24, 2.45) is 0 Å². The van der Waals surface area contributed by atoms with Crippen LogP contribution in [0, 0.1) is 6.92 Å². The van der Waals surface area contributed by atoms with Crippen LogP contribution < -0.4 is 14.8 Å². The zero-order valence-corrected chi connectivity index (χ0v) is 13.7. The lowest BCUT2D eigenvalue weighted by Crippen LogP contribution is -2.43. The molecular weight excluding hydrogens is 306 g/mol. The summed E-state index contributed by atoms with van der Waals surface area (Å²) in [5.74, 6) is 1.08. The van der Waals surface area contributed by atoms with Crippen molar-refractivity contribution < 1.29 is 19.0 Å². The van der Waals surface area contributed by atoms with Crippen LogP contribution in [-0.2, 0) is 10.5 Å². The summed E-state index contributed by atoms with van der Waals surface area (Å²) >= 11 is 0. The molecule has 0 saturated carbocycles. The molecule has 1 atom stereocenters. The SMILES string of the molecule is CCO[C@]1(c2ccc(C)cc2)NC(=O)c2cc3c(cc21)OCCO3. The second-order valence-electron chi connectivity index (χ2n) is 5.98. The number of ether oxygens (including phenoxy) is 3. The van der Waals surface area contributed by atoms with Gasteiger partial charge in [-0.15, -0.1) is 0 Å². The number of hydrogen-bond donors (Lipinski definition) is 1. The Kier molecular flexibility index (Phi) is 3.46. The second-order valence-corrected chi connectivity index (χ2v) is 5.98. The van der Waals surface area contributed by atoms with E-state index in [9.17, 15) is 4.79 Å². The van der Waals surface area contributed by atoms with E-state index in [2.05, 4.69) is 5.32 Å². The standard InChI is InChI=1S/C19H19NO4/c1-3-24-19(13-6-4-12(2)5-7-13)15-11-17-16(22-8-9-23-17)10-14(15)18(21)20-19/h4-7,10-11H,3,8-9H2,1-2H3,(H,20,21)/t19-/m0/s1. The van der Waals surface area contributed by atoms with Gasteiger partial charge in [0.1, 0.15) is 13.2 Å². The Bertz CT molecular complexity index is 800. The van der Waals surface area contributed by atoms with E-state index in [1.54, 1.807) is 6.07 Å².